The van der Waals surface area contributed by atoms with Crippen LogP contribution in [0.4, 0.5) is 18.9 Å². The van der Waals surface area contributed by atoms with E-state index in [-0.39, 0.29) is 11.3 Å². The van der Waals surface area contributed by atoms with E-state index in [1.807, 2.05) is 12.1 Å². The number of aliphatic imine (C=N–C) groups is 1. The van der Waals surface area contributed by atoms with E-state index >= 15 is 0 Å². The van der Waals surface area contributed by atoms with Crippen molar-refractivity contribution in [2.75, 3.05) is 7.11 Å². The predicted octanol–water partition coefficient (Wildman–Crippen LogP) is 5.68. The van der Waals surface area contributed by atoms with Crippen molar-refractivity contribution in [3.8, 4) is 11.5 Å². The van der Waals surface area contributed by atoms with E-state index in [1.54, 1.807) is 49.7 Å². The summed E-state index contributed by atoms with van der Waals surface area (Å²) in [5.41, 5.74) is 0.979. The molecule has 0 unspecified atom stereocenters. The van der Waals surface area contributed by atoms with Crippen LogP contribution in [0.5, 0.6) is 11.5 Å². The van der Waals surface area contributed by atoms with Crippen LogP contribution in [0.1, 0.15) is 21.5 Å². The SMILES string of the molecule is COc1ccc(N=Cc2ccc(C(=O)Oc3ccc(C(F)(F)F)cc3)cc2)cc1. The molecule has 3 aromatic carbocycles. The first-order valence-corrected chi connectivity index (χ1v) is 8.53. The van der Waals surface area contributed by atoms with Gasteiger partial charge in [0.2, 0.25) is 0 Å². The highest BCUT2D eigenvalue weighted by molar-refractivity contribution is 5.92. The molecule has 0 spiro atoms. The molecular formula is C22H16F3NO3. The van der Waals surface area contributed by atoms with Crippen LogP contribution in [0.15, 0.2) is 77.8 Å². The fourth-order valence-corrected chi connectivity index (χ4v) is 2.40. The maximum atomic E-state index is 12.6. The number of ether oxygens (including phenoxy) is 2. The second kappa shape index (κ2) is 8.60. The minimum atomic E-state index is -4.44. The number of nitrogens with zero attached hydrogens (tertiary/aromatic N) is 1. The molecule has 29 heavy (non-hydrogen) atoms. The van der Waals surface area contributed by atoms with Crippen LogP contribution in [0, 0.1) is 0 Å². The van der Waals surface area contributed by atoms with Gasteiger partial charge in [-0.3, -0.25) is 4.99 Å². The number of halogens is 3. The molecule has 0 saturated carbocycles. The van der Waals surface area contributed by atoms with Crippen molar-refractivity contribution in [2.24, 2.45) is 4.99 Å². The van der Waals surface area contributed by atoms with Gasteiger partial charge >= 0.3 is 12.1 Å². The molecule has 0 amide bonds. The van der Waals surface area contributed by atoms with Gasteiger partial charge in [-0.25, -0.2) is 4.79 Å². The molecule has 0 aliphatic rings. The number of alkyl halides is 3. The highest BCUT2D eigenvalue weighted by atomic mass is 19.4. The van der Waals surface area contributed by atoms with E-state index in [0.717, 1.165) is 41.3 Å². The van der Waals surface area contributed by atoms with E-state index < -0.39 is 17.7 Å². The van der Waals surface area contributed by atoms with Gasteiger partial charge in [0, 0.05) is 6.21 Å². The summed E-state index contributed by atoms with van der Waals surface area (Å²) in [6, 6.07) is 17.7. The minimum Gasteiger partial charge on any atom is -0.497 e. The first-order chi connectivity index (χ1) is 13.8. The number of esters is 1. The zero-order chi connectivity index (χ0) is 20.9. The maximum absolute atomic E-state index is 12.6. The second-order valence-electron chi connectivity index (χ2n) is 5.99. The van der Waals surface area contributed by atoms with Crippen molar-refractivity contribution in [1.29, 1.82) is 0 Å². The number of hydrogen-bond donors (Lipinski definition) is 0. The summed E-state index contributed by atoms with van der Waals surface area (Å²) in [4.78, 5) is 16.5. The van der Waals surface area contributed by atoms with Crippen molar-refractivity contribution in [3.05, 3.63) is 89.5 Å². The average molecular weight is 399 g/mol. The average Bonchev–Trinajstić information content (AvgIpc) is 2.72. The van der Waals surface area contributed by atoms with Gasteiger partial charge in [0.25, 0.3) is 0 Å². The van der Waals surface area contributed by atoms with Gasteiger partial charge in [0.1, 0.15) is 11.5 Å². The lowest BCUT2D eigenvalue weighted by molar-refractivity contribution is -0.137. The van der Waals surface area contributed by atoms with Crippen LogP contribution in [-0.2, 0) is 6.18 Å². The van der Waals surface area contributed by atoms with Crippen LogP contribution < -0.4 is 9.47 Å². The highest BCUT2D eigenvalue weighted by Crippen LogP contribution is 2.30. The normalized spacial score (nSPS) is 11.4. The van der Waals surface area contributed by atoms with Crippen molar-refractivity contribution < 1.29 is 27.4 Å². The van der Waals surface area contributed by atoms with E-state index in [9.17, 15) is 18.0 Å². The molecule has 0 saturated heterocycles. The fourth-order valence-electron chi connectivity index (χ4n) is 2.40. The second-order valence-corrected chi connectivity index (χ2v) is 5.99. The van der Waals surface area contributed by atoms with Gasteiger partial charge in [-0.2, -0.15) is 13.2 Å². The summed E-state index contributed by atoms with van der Waals surface area (Å²) in [5.74, 6) is 0.108. The van der Waals surface area contributed by atoms with Gasteiger partial charge in [-0.1, -0.05) is 12.1 Å². The van der Waals surface area contributed by atoms with Crippen LogP contribution in [0.2, 0.25) is 0 Å². The van der Waals surface area contributed by atoms with Crippen molar-refractivity contribution in [1.82, 2.24) is 0 Å². The third kappa shape index (κ3) is 5.44. The number of hydrogen-bond acceptors (Lipinski definition) is 4. The number of carbonyl (C=O) groups excluding carboxylic acids is 1. The minimum absolute atomic E-state index is 0.0353. The van der Waals surface area contributed by atoms with Gasteiger partial charge in [-0.05, 0) is 66.2 Å². The van der Waals surface area contributed by atoms with Crippen LogP contribution in [-0.4, -0.2) is 19.3 Å². The monoisotopic (exact) mass is 399 g/mol. The van der Waals surface area contributed by atoms with E-state index in [2.05, 4.69) is 4.99 Å². The lowest BCUT2D eigenvalue weighted by Crippen LogP contribution is -2.09. The first kappa shape index (κ1) is 20.1. The predicted molar refractivity (Wildman–Crippen MR) is 103 cm³/mol. The van der Waals surface area contributed by atoms with Crippen LogP contribution in [0.25, 0.3) is 0 Å². The molecule has 0 radical (unpaired) electrons. The van der Waals surface area contributed by atoms with E-state index in [0.29, 0.717) is 0 Å². The summed E-state index contributed by atoms with van der Waals surface area (Å²) in [7, 11) is 1.59. The Morgan fingerprint density at radius 1 is 0.862 bits per heavy atom. The number of rotatable bonds is 5. The van der Waals surface area contributed by atoms with Gasteiger partial charge in [0.05, 0.1) is 23.9 Å². The Hall–Kier alpha value is -3.61. The zero-order valence-electron chi connectivity index (χ0n) is 15.3. The third-order valence-electron chi connectivity index (χ3n) is 3.97. The molecule has 3 rings (SSSR count). The number of methoxy groups -OCH3 is 1. The number of carbonyl (C=O) groups is 1. The van der Waals surface area contributed by atoms with E-state index in [1.165, 1.54) is 0 Å². The molecule has 0 fully saturated rings. The largest absolute Gasteiger partial charge is 0.497 e. The summed E-state index contributed by atoms with van der Waals surface area (Å²) >= 11 is 0. The smallest absolute Gasteiger partial charge is 0.416 e. The Morgan fingerprint density at radius 2 is 1.45 bits per heavy atom. The first-order valence-electron chi connectivity index (χ1n) is 8.53. The zero-order valence-corrected chi connectivity index (χ0v) is 15.3. The molecular weight excluding hydrogens is 383 g/mol. The van der Waals surface area contributed by atoms with Gasteiger partial charge < -0.3 is 9.47 Å². The molecule has 0 aliphatic heterocycles. The number of benzene rings is 3. The third-order valence-corrected chi connectivity index (χ3v) is 3.97. The molecule has 3 aromatic rings. The van der Waals surface area contributed by atoms with Gasteiger partial charge in [-0.15, -0.1) is 0 Å². The summed E-state index contributed by atoms with van der Waals surface area (Å²) in [6.07, 6.45) is -2.79. The molecule has 0 atom stereocenters. The van der Waals surface area contributed by atoms with Gasteiger partial charge in [0.15, 0.2) is 0 Å². The topological polar surface area (TPSA) is 47.9 Å². The van der Waals surface area contributed by atoms with Crippen molar-refractivity contribution >= 4 is 17.9 Å². The Balaban J connectivity index is 1.63. The molecule has 0 heterocycles. The Morgan fingerprint density at radius 3 is 2.00 bits per heavy atom. The Labute approximate surface area is 165 Å². The van der Waals surface area contributed by atoms with Crippen LogP contribution in [0.3, 0.4) is 0 Å². The quantitative estimate of drug-likeness (QED) is 0.315. The molecule has 148 valence electrons. The van der Waals surface area contributed by atoms with Crippen LogP contribution >= 0.6 is 0 Å². The summed E-state index contributed by atoms with van der Waals surface area (Å²) in [6.45, 7) is 0. The molecule has 0 aliphatic carbocycles. The highest BCUT2D eigenvalue weighted by Gasteiger charge is 2.30. The lowest BCUT2D eigenvalue weighted by atomic mass is 10.1. The molecule has 7 heteroatoms. The Kier molecular flexibility index (Phi) is 5.97. The van der Waals surface area contributed by atoms with E-state index in [4.69, 9.17) is 9.47 Å². The van der Waals surface area contributed by atoms with Crippen molar-refractivity contribution in [2.45, 2.75) is 6.18 Å². The molecule has 4 nitrogen and oxygen atoms in total. The summed E-state index contributed by atoms with van der Waals surface area (Å²) < 4.78 is 47.9. The standard InChI is InChI=1S/C22H16F3NO3/c1-28-19-12-8-18(9-13-19)26-14-15-2-4-16(5-3-15)21(27)29-20-10-6-17(7-11-20)22(23,24)25/h2-14H,1H3. The summed E-state index contributed by atoms with van der Waals surface area (Å²) in [5, 5.41) is 0. The Bertz CT molecular complexity index is 993. The lowest BCUT2D eigenvalue weighted by Gasteiger charge is -2.08. The molecule has 0 bridgehead atoms. The molecule has 0 aromatic heterocycles. The fraction of sp³-hybridized carbons (Fsp3) is 0.0909. The van der Waals surface area contributed by atoms with Crippen molar-refractivity contribution in [3.63, 3.8) is 0 Å². The maximum Gasteiger partial charge on any atom is 0.416 e. The molecule has 0 N–H and O–H groups in total.